The maximum Gasteiger partial charge on any atom is 0.338 e. The average molecular weight is 340 g/mol. The SMILES string of the molecule is CCN(CC)c1ccc(C(=O)O[C@H](C)C(=O)Nc2ccccc2)cc1. The summed E-state index contributed by atoms with van der Waals surface area (Å²) in [4.78, 5) is 26.5. The first kappa shape index (κ1) is 18.5. The van der Waals surface area contributed by atoms with E-state index in [1.807, 2.05) is 30.3 Å². The fraction of sp³-hybridized carbons (Fsp3) is 0.300. The van der Waals surface area contributed by atoms with Crippen LogP contribution in [0.1, 0.15) is 31.1 Å². The summed E-state index contributed by atoms with van der Waals surface area (Å²) in [5.74, 6) is -0.874. The van der Waals surface area contributed by atoms with Crippen LogP contribution in [0.2, 0.25) is 0 Å². The van der Waals surface area contributed by atoms with Crippen molar-refractivity contribution in [2.75, 3.05) is 23.3 Å². The van der Waals surface area contributed by atoms with E-state index >= 15 is 0 Å². The molecular weight excluding hydrogens is 316 g/mol. The van der Waals surface area contributed by atoms with Crippen molar-refractivity contribution < 1.29 is 14.3 Å². The van der Waals surface area contributed by atoms with Crippen LogP contribution in [-0.4, -0.2) is 31.1 Å². The molecule has 1 amide bonds. The van der Waals surface area contributed by atoms with Gasteiger partial charge in [0, 0.05) is 24.5 Å². The predicted octanol–water partition coefficient (Wildman–Crippen LogP) is 3.72. The Labute approximate surface area is 148 Å². The highest BCUT2D eigenvalue weighted by atomic mass is 16.5. The summed E-state index contributed by atoms with van der Waals surface area (Å²) in [5.41, 5.74) is 2.14. The highest BCUT2D eigenvalue weighted by Gasteiger charge is 2.19. The Bertz CT molecular complexity index is 695. The zero-order valence-electron chi connectivity index (χ0n) is 14.9. The topological polar surface area (TPSA) is 58.6 Å². The van der Waals surface area contributed by atoms with Crippen molar-refractivity contribution >= 4 is 23.3 Å². The third-order valence-electron chi connectivity index (χ3n) is 3.93. The second-order valence-electron chi connectivity index (χ2n) is 5.62. The molecule has 2 aromatic carbocycles. The van der Waals surface area contributed by atoms with Gasteiger partial charge >= 0.3 is 5.97 Å². The van der Waals surface area contributed by atoms with Crippen LogP contribution in [0.15, 0.2) is 54.6 Å². The Morgan fingerprint density at radius 3 is 2.16 bits per heavy atom. The Morgan fingerprint density at radius 1 is 1.00 bits per heavy atom. The van der Waals surface area contributed by atoms with E-state index in [0.717, 1.165) is 18.8 Å². The number of anilines is 2. The van der Waals surface area contributed by atoms with Crippen LogP contribution in [0.4, 0.5) is 11.4 Å². The smallest absolute Gasteiger partial charge is 0.338 e. The van der Waals surface area contributed by atoms with Crippen molar-refractivity contribution in [3.05, 3.63) is 60.2 Å². The Hall–Kier alpha value is -2.82. The quantitative estimate of drug-likeness (QED) is 0.781. The number of esters is 1. The molecule has 25 heavy (non-hydrogen) atoms. The molecule has 0 spiro atoms. The van der Waals surface area contributed by atoms with Gasteiger partial charge in [0.2, 0.25) is 0 Å². The molecule has 0 fully saturated rings. The maximum absolute atomic E-state index is 12.2. The van der Waals surface area contributed by atoms with Gasteiger partial charge in [-0.15, -0.1) is 0 Å². The first-order chi connectivity index (χ1) is 12.0. The summed E-state index contributed by atoms with van der Waals surface area (Å²) in [6, 6.07) is 16.3. The summed E-state index contributed by atoms with van der Waals surface area (Å²) < 4.78 is 5.26. The summed E-state index contributed by atoms with van der Waals surface area (Å²) in [7, 11) is 0. The number of carbonyl (C=O) groups is 2. The molecule has 0 radical (unpaired) electrons. The van der Waals surface area contributed by atoms with E-state index in [0.29, 0.717) is 11.3 Å². The van der Waals surface area contributed by atoms with Crippen molar-refractivity contribution in [3.8, 4) is 0 Å². The lowest BCUT2D eigenvalue weighted by molar-refractivity contribution is -0.123. The van der Waals surface area contributed by atoms with E-state index in [-0.39, 0.29) is 5.91 Å². The highest BCUT2D eigenvalue weighted by molar-refractivity contribution is 5.97. The van der Waals surface area contributed by atoms with E-state index in [1.54, 1.807) is 31.2 Å². The van der Waals surface area contributed by atoms with Gasteiger partial charge < -0.3 is 15.0 Å². The molecule has 132 valence electrons. The molecule has 0 saturated carbocycles. The minimum Gasteiger partial charge on any atom is -0.449 e. The van der Waals surface area contributed by atoms with Gasteiger partial charge in [-0.05, 0) is 57.2 Å². The fourth-order valence-corrected chi connectivity index (χ4v) is 2.44. The van der Waals surface area contributed by atoms with Gasteiger partial charge in [-0.2, -0.15) is 0 Å². The van der Waals surface area contributed by atoms with E-state index in [2.05, 4.69) is 24.1 Å². The second-order valence-corrected chi connectivity index (χ2v) is 5.62. The minimum atomic E-state index is -0.879. The molecule has 1 N–H and O–H groups in total. The van der Waals surface area contributed by atoms with Gasteiger partial charge in [0.1, 0.15) is 0 Å². The van der Waals surface area contributed by atoms with E-state index in [9.17, 15) is 9.59 Å². The predicted molar refractivity (Wildman–Crippen MR) is 100.0 cm³/mol. The standard InChI is InChI=1S/C20H24N2O3/c1-4-22(5-2)18-13-11-16(12-14-18)20(24)25-15(3)19(23)21-17-9-7-6-8-10-17/h6-15H,4-5H2,1-3H3,(H,21,23)/t15-/m1/s1. The molecule has 0 aliphatic carbocycles. The van der Waals surface area contributed by atoms with E-state index in [1.165, 1.54) is 0 Å². The number of ether oxygens (including phenoxy) is 1. The third kappa shape index (κ3) is 5.08. The molecule has 0 unspecified atom stereocenters. The van der Waals surface area contributed by atoms with Crippen molar-refractivity contribution in [3.63, 3.8) is 0 Å². The molecule has 0 heterocycles. The minimum absolute atomic E-state index is 0.362. The number of amides is 1. The third-order valence-corrected chi connectivity index (χ3v) is 3.93. The number of hydrogen-bond acceptors (Lipinski definition) is 4. The molecule has 5 nitrogen and oxygen atoms in total. The van der Waals surface area contributed by atoms with E-state index in [4.69, 9.17) is 4.74 Å². The molecule has 0 bridgehead atoms. The lowest BCUT2D eigenvalue weighted by Gasteiger charge is -2.21. The summed E-state index contributed by atoms with van der Waals surface area (Å²) in [6.45, 7) is 7.52. The molecule has 1 atom stereocenters. The zero-order valence-corrected chi connectivity index (χ0v) is 14.9. The lowest BCUT2D eigenvalue weighted by atomic mass is 10.2. The molecular formula is C20H24N2O3. The molecule has 2 aromatic rings. The van der Waals surface area contributed by atoms with Crippen molar-refractivity contribution in [2.24, 2.45) is 0 Å². The van der Waals surface area contributed by atoms with Crippen molar-refractivity contribution in [1.29, 1.82) is 0 Å². The molecule has 5 heteroatoms. The van der Waals surface area contributed by atoms with Crippen LogP contribution >= 0.6 is 0 Å². The Morgan fingerprint density at radius 2 is 1.60 bits per heavy atom. The zero-order chi connectivity index (χ0) is 18.2. The van der Waals surface area contributed by atoms with Crippen molar-refractivity contribution in [2.45, 2.75) is 26.9 Å². The number of rotatable bonds is 7. The van der Waals surface area contributed by atoms with Crippen LogP contribution in [0.25, 0.3) is 0 Å². The number of benzene rings is 2. The van der Waals surface area contributed by atoms with Gasteiger partial charge in [0.05, 0.1) is 5.56 Å². The van der Waals surface area contributed by atoms with Crippen molar-refractivity contribution in [1.82, 2.24) is 0 Å². The average Bonchev–Trinajstić information content (AvgIpc) is 2.64. The van der Waals surface area contributed by atoms with Crippen LogP contribution in [0, 0.1) is 0 Å². The number of hydrogen-bond donors (Lipinski definition) is 1. The van der Waals surface area contributed by atoms with Crippen LogP contribution in [-0.2, 0) is 9.53 Å². The molecule has 2 rings (SSSR count). The summed E-state index contributed by atoms with van der Waals surface area (Å²) >= 11 is 0. The van der Waals surface area contributed by atoms with Gasteiger partial charge in [-0.1, -0.05) is 18.2 Å². The number of carbonyl (C=O) groups excluding carboxylic acids is 2. The monoisotopic (exact) mass is 340 g/mol. The Kier molecular flexibility index (Phi) is 6.57. The first-order valence-corrected chi connectivity index (χ1v) is 8.47. The Balaban J connectivity index is 1.95. The molecule has 0 aliphatic heterocycles. The van der Waals surface area contributed by atoms with Gasteiger partial charge in [-0.25, -0.2) is 4.79 Å². The highest BCUT2D eigenvalue weighted by Crippen LogP contribution is 2.16. The molecule has 0 aromatic heterocycles. The number of nitrogens with one attached hydrogen (secondary N) is 1. The molecule has 0 aliphatic rings. The van der Waals surface area contributed by atoms with Gasteiger partial charge in [0.15, 0.2) is 6.10 Å². The number of nitrogens with zero attached hydrogens (tertiary/aromatic N) is 1. The van der Waals surface area contributed by atoms with Crippen LogP contribution in [0.3, 0.4) is 0 Å². The van der Waals surface area contributed by atoms with Crippen LogP contribution < -0.4 is 10.2 Å². The lowest BCUT2D eigenvalue weighted by Crippen LogP contribution is -2.30. The fourth-order valence-electron chi connectivity index (χ4n) is 2.44. The van der Waals surface area contributed by atoms with Gasteiger partial charge in [0.25, 0.3) is 5.91 Å². The molecule has 0 saturated heterocycles. The van der Waals surface area contributed by atoms with E-state index < -0.39 is 12.1 Å². The first-order valence-electron chi connectivity index (χ1n) is 8.47. The summed E-state index contributed by atoms with van der Waals surface area (Å²) in [6.07, 6.45) is -0.879. The van der Waals surface area contributed by atoms with Crippen LogP contribution in [0.5, 0.6) is 0 Å². The normalized spacial score (nSPS) is 11.5. The summed E-state index contributed by atoms with van der Waals surface area (Å²) in [5, 5.41) is 2.71. The second kappa shape index (κ2) is 8.87. The largest absolute Gasteiger partial charge is 0.449 e. The maximum atomic E-state index is 12.2. The number of para-hydroxylation sites is 1. The van der Waals surface area contributed by atoms with Gasteiger partial charge in [-0.3, -0.25) is 4.79 Å².